The number of ether oxygens (including phenoxy) is 1. The first-order valence-corrected chi connectivity index (χ1v) is 9.29. The van der Waals surface area contributed by atoms with Gasteiger partial charge in [0.25, 0.3) is 0 Å². The number of benzene rings is 2. The standard InChI is InChI=1S/C21H25N3O3/c25-20(13-8-16-5-2-1-3-6-16)23-17-9-11-18(12-10-17)24-21(26)22-15-19-7-4-14-27-19/h1-3,5-6,9-12,19H,4,7-8,13-15H2,(H,23,25)(H2,22,24,26). The third kappa shape index (κ3) is 6.42. The summed E-state index contributed by atoms with van der Waals surface area (Å²) < 4.78 is 5.47. The molecule has 1 aliphatic heterocycles. The summed E-state index contributed by atoms with van der Waals surface area (Å²) in [5, 5.41) is 8.45. The van der Waals surface area contributed by atoms with E-state index >= 15 is 0 Å². The minimum Gasteiger partial charge on any atom is -0.376 e. The summed E-state index contributed by atoms with van der Waals surface area (Å²) in [4.78, 5) is 24.0. The van der Waals surface area contributed by atoms with E-state index in [9.17, 15) is 9.59 Å². The Balaban J connectivity index is 1.39. The second-order valence-electron chi connectivity index (χ2n) is 6.58. The first-order valence-electron chi connectivity index (χ1n) is 9.29. The van der Waals surface area contributed by atoms with E-state index in [0.29, 0.717) is 30.8 Å². The molecule has 142 valence electrons. The van der Waals surface area contributed by atoms with Gasteiger partial charge in [-0.1, -0.05) is 30.3 Å². The molecule has 1 fully saturated rings. The molecule has 1 saturated heterocycles. The van der Waals surface area contributed by atoms with Crippen LogP contribution < -0.4 is 16.0 Å². The summed E-state index contributed by atoms with van der Waals surface area (Å²) in [5.74, 6) is -0.0335. The Bertz CT molecular complexity index is 741. The van der Waals surface area contributed by atoms with E-state index < -0.39 is 0 Å². The van der Waals surface area contributed by atoms with Crippen LogP contribution in [0.3, 0.4) is 0 Å². The summed E-state index contributed by atoms with van der Waals surface area (Å²) >= 11 is 0. The molecule has 0 aliphatic carbocycles. The molecule has 3 N–H and O–H groups in total. The first-order chi connectivity index (χ1) is 13.2. The van der Waals surface area contributed by atoms with Crippen molar-refractivity contribution in [3.63, 3.8) is 0 Å². The Hall–Kier alpha value is -2.86. The fourth-order valence-electron chi connectivity index (χ4n) is 2.95. The highest BCUT2D eigenvalue weighted by atomic mass is 16.5. The van der Waals surface area contributed by atoms with Crippen molar-refractivity contribution < 1.29 is 14.3 Å². The summed E-state index contributed by atoms with van der Waals surface area (Å²) in [5.41, 5.74) is 2.52. The van der Waals surface area contributed by atoms with Crippen LogP contribution in [0.5, 0.6) is 0 Å². The minimum atomic E-state index is -0.259. The Morgan fingerprint density at radius 3 is 2.33 bits per heavy atom. The lowest BCUT2D eigenvalue weighted by Crippen LogP contribution is -2.35. The zero-order valence-electron chi connectivity index (χ0n) is 15.2. The third-order valence-electron chi connectivity index (χ3n) is 4.42. The first kappa shape index (κ1) is 18.9. The van der Waals surface area contributed by atoms with Crippen molar-refractivity contribution in [3.05, 3.63) is 60.2 Å². The monoisotopic (exact) mass is 367 g/mol. The van der Waals surface area contributed by atoms with Gasteiger partial charge in [0, 0.05) is 30.9 Å². The van der Waals surface area contributed by atoms with Crippen LogP contribution in [0.2, 0.25) is 0 Å². The van der Waals surface area contributed by atoms with Crippen molar-refractivity contribution >= 4 is 23.3 Å². The number of nitrogens with one attached hydrogen (secondary N) is 3. The minimum absolute atomic E-state index is 0.0335. The molecule has 0 bridgehead atoms. The van der Waals surface area contributed by atoms with E-state index in [-0.39, 0.29) is 18.0 Å². The third-order valence-corrected chi connectivity index (χ3v) is 4.42. The van der Waals surface area contributed by atoms with Crippen LogP contribution in [-0.4, -0.2) is 31.2 Å². The lowest BCUT2D eigenvalue weighted by molar-refractivity contribution is -0.116. The largest absolute Gasteiger partial charge is 0.376 e. The maximum absolute atomic E-state index is 12.1. The van der Waals surface area contributed by atoms with Crippen molar-refractivity contribution in [1.29, 1.82) is 0 Å². The molecule has 27 heavy (non-hydrogen) atoms. The van der Waals surface area contributed by atoms with Crippen LogP contribution >= 0.6 is 0 Å². The zero-order valence-corrected chi connectivity index (χ0v) is 15.2. The Labute approximate surface area is 159 Å². The van der Waals surface area contributed by atoms with Crippen molar-refractivity contribution in [2.75, 3.05) is 23.8 Å². The van der Waals surface area contributed by atoms with Gasteiger partial charge in [0.15, 0.2) is 0 Å². The van der Waals surface area contributed by atoms with Gasteiger partial charge in [-0.3, -0.25) is 4.79 Å². The molecular formula is C21H25N3O3. The summed E-state index contributed by atoms with van der Waals surface area (Å²) in [6, 6.07) is 16.7. The van der Waals surface area contributed by atoms with Crippen LogP contribution in [0.25, 0.3) is 0 Å². The molecule has 2 aromatic rings. The Morgan fingerprint density at radius 1 is 0.963 bits per heavy atom. The van der Waals surface area contributed by atoms with E-state index in [4.69, 9.17) is 4.74 Å². The second-order valence-corrected chi connectivity index (χ2v) is 6.58. The van der Waals surface area contributed by atoms with Gasteiger partial charge in [-0.2, -0.15) is 0 Å². The average Bonchev–Trinajstić information content (AvgIpc) is 3.21. The van der Waals surface area contributed by atoms with Crippen molar-refractivity contribution in [3.8, 4) is 0 Å². The Morgan fingerprint density at radius 2 is 1.67 bits per heavy atom. The fourth-order valence-corrected chi connectivity index (χ4v) is 2.95. The van der Waals surface area contributed by atoms with Gasteiger partial charge in [-0.15, -0.1) is 0 Å². The van der Waals surface area contributed by atoms with E-state index in [2.05, 4.69) is 16.0 Å². The fraction of sp³-hybridized carbons (Fsp3) is 0.333. The van der Waals surface area contributed by atoms with Crippen molar-refractivity contribution in [2.45, 2.75) is 31.8 Å². The zero-order chi connectivity index (χ0) is 18.9. The quantitative estimate of drug-likeness (QED) is 0.700. The maximum atomic E-state index is 12.1. The van der Waals surface area contributed by atoms with Gasteiger partial charge in [0.05, 0.1) is 6.10 Å². The molecule has 6 heteroatoms. The molecule has 1 aliphatic rings. The summed E-state index contributed by atoms with van der Waals surface area (Å²) in [7, 11) is 0. The van der Waals surface area contributed by atoms with E-state index in [0.717, 1.165) is 25.0 Å². The predicted octanol–water partition coefficient (Wildman–Crippen LogP) is 3.56. The second kappa shape index (κ2) is 9.73. The maximum Gasteiger partial charge on any atom is 0.319 e. The Kier molecular flexibility index (Phi) is 6.82. The SMILES string of the molecule is O=C(CCc1ccccc1)Nc1ccc(NC(=O)NCC2CCCO2)cc1. The highest BCUT2D eigenvalue weighted by Crippen LogP contribution is 2.15. The molecule has 1 atom stereocenters. The van der Waals surface area contributed by atoms with Crippen molar-refractivity contribution in [2.24, 2.45) is 0 Å². The molecule has 0 radical (unpaired) electrons. The van der Waals surface area contributed by atoms with E-state index in [1.165, 1.54) is 0 Å². The molecule has 1 heterocycles. The van der Waals surface area contributed by atoms with E-state index in [1.54, 1.807) is 24.3 Å². The molecule has 2 aromatic carbocycles. The number of rotatable bonds is 7. The molecule has 1 unspecified atom stereocenters. The molecule has 3 rings (SSSR count). The van der Waals surface area contributed by atoms with Gasteiger partial charge in [0.1, 0.15) is 0 Å². The average molecular weight is 367 g/mol. The number of hydrogen-bond acceptors (Lipinski definition) is 3. The molecule has 6 nitrogen and oxygen atoms in total. The summed E-state index contributed by atoms with van der Waals surface area (Å²) in [6.07, 6.45) is 3.28. The lowest BCUT2D eigenvalue weighted by atomic mass is 10.1. The molecular weight excluding hydrogens is 342 g/mol. The smallest absolute Gasteiger partial charge is 0.319 e. The van der Waals surface area contributed by atoms with Gasteiger partial charge >= 0.3 is 6.03 Å². The number of urea groups is 1. The highest BCUT2D eigenvalue weighted by molar-refractivity contribution is 5.92. The number of hydrogen-bond donors (Lipinski definition) is 3. The van der Waals surface area contributed by atoms with Crippen molar-refractivity contribution in [1.82, 2.24) is 5.32 Å². The van der Waals surface area contributed by atoms with Gasteiger partial charge < -0.3 is 20.7 Å². The molecule has 0 saturated carbocycles. The number of carbonyl (C=O) groups excluding carboxylic acids is 2. The summed E-state index contributed by atoms with van der Waals surface area (Å²) in [6.45, 7) is 1.29. The van der Waals surface area contributed by atoms with Crippen LogP contribution in [-0.2, 0) is 16.0 Å². The molecule has 0 spiro atoms. The number of carbonyl (C=O) groups is 2. The molecule has 3 amide bonds. The van der Waals surface area contributed by atoms with Crippen LogP contribution in [0.4, 0.5) is 16.2 Å². The highest BCUT2D eigenvalue weighted by Gasteiger charge is 2.16. The topological polar surface area (TPSA) is 79.5 Å². The van der Waals surface area contributed by atoms with Crippen LogP contribution in [0.15, 0.2) is 54.6 Å². The number of anilines is 2. The van der Waals surface area contributed by atoms with Crippen LogP contribution in [0, 0.1) is 0 Å². The number of aryl methyl sites for hydroxylation is 1. The predicted molar refractivity (Wildman–Crippen MR) is 106 cm³/mol. The normalized spacial score (nSPS) is 15.9. The van der Waals surface area contributed by atoms with Crippen LogP contribution in [0.1, 0.15) is 24.8 Å². The van der Waals surface area contributed by atoms with Gasteiger partial charge in [0.2, 0.25) is 5.91 Å². The number of amides is 3. The van der Waals surface area contributed by atoms with Gasteiger partial charge in [-0.05, 0) is 49.1 Å². The molecule has 0 aromatic heterocycles. The van der Waals surface area contributed by atoms with Gasteiger partial charge in [-0.25, -0.2) is 4.79 Å². The van der Waals surface area contributed by atoms with E-state index in [1.807, 2.05) is 30.3 Å². The lowest BCUT2D eigenvalue weighted by Gasteiger charge is -2.12.